The molecule has 5 rings (SSSR count). The molecule has 0 radical (unpaired) electrons. The molecule has 2 aromatic carbocycles. The third-order valence-electron chi connectivity index (χ3n) is 7.33. The molecular formula is C30H32ClN3O3. The normalized spacial score (nSPS) is 17.2. The van der Waals surface area contributed by atoms with Crippen LogP contribution in [0.1, 0.15) is 49.7 Å². The molecule has 1 atom stereocenters. The van der Waals surface area contributed by atoms with Crippen molar-refractivity contribution in [2.75, 3.05) is 18.0 Å². The Bertz CT molecular complexity index is 1250. The Balaban J connectivity index is 1.20. The van der Waals surface area contributed by atoms with Crippen molar-refractivity contribution in [2.45, 2.75) is 51.5 Å². The van der Waals surface area contributed by atoms with Gasteiger partial charge in [0.05, 0.1) is 12.2 Å². The lowest BCUT2D eigenvalue weighted by Gasteiger charge is -2.30. The van der Waals surface area contributed by atoms with Crippen LogP contribution in [0.4, 0.5) is 10.5 Å². The fraction of sp³-hybridized carbons (Fsp3) is 0.367. The largest absolute Gasteiger partial charge is 0.455 e. The summed E-state index contributed by atoms with van der Waals surface area (Å²) in [7, 11) is 0. The summed E-state index contributed by atoms with van der Waals surface area (Å²) in [6.45, 7) is 1.81. The van der Waals surface area contributed by atoms with Crippen LogP contribution in [0.2, 0.25) is 5.02 Å². The molecule has 1 fully saturated rings. The van der Waals surface area contributed by atoms with E-state index in [0.717, 1.165) is 49.0 Å². The van der Waals surface area contributed by atoms with Crippen molar-refractivity contribution < 1.29 is 14.3 Å². The number of nitrogens with zero attached hydrogens (tertiary/aromatic N) is 3. The van der Waals surface area contributed by atoms with Gasteiger partial charge in [-0.15, -0.1) is 0 Å². The number of fused-ring (bicyclic) bond motifs is 2. The quantitative estimate of drug-likeness (QED) is 0.351. The molecule has 192 valence electrons. The molecule has 2 aliphatic heterocycles. The highest BCUT2D eigenvalue weighted by Crippen LogP contribution is 2.41. The van der Waals surface area contributed by atoms with Crippen molar-refractivity contribution in [1.29, 1.82) is 0 Å². The lowest BCUT2D eigenvalue weighted by atomic mass is 9.93. The van der Waals surface area contributed by atoms with Crippen molar-refractivity contribution in [2.24, 2.45) is 5.92 Å². The summed E-state index contributed by atoms with van der Waals surface area (Å²) >= 11 is 6.32. The van der Waals surface area contributed by atoms with E-state index in [1.807, 2.05) is 53.6 Å². The topological polar surface area (TPSA) is 62.7 Å². The minimum Gasteiger partial charge on any atom is -0.455 e. The smallest absolute Gasteiger partial charge is 0.324 e. The number of halogens is 1. The third kappa shape index (κ3) is 6.31. The number of aryl methyl sites for hydroxylation is 1. The van der Waals surface area contributed by atoms with Gasteiger partial charge in [0, 0.05) is 48.9 Å². The maximum absolute atomic E-state index is 13.8. The number of benzene rings is 2. The van der Waals surface area contributed by atoms with Crippen LogP contribution in [0.25, 0.3) is 0 Å². The minimum atomic E-state index is -0.0305. The van der Waals surface area contributed by atoms with Gasteiger partial charge >= 0.3 is 6.03 Å². The second kappa shape index (κ2) is 11.8. The highest BCUT2D eigenvalue weighted by atomic mass is 35.5. The number of anilines is 1. The highest BCUT2D eigenvalue weighted by molar-refractivity contribution is 6.31. The van der Waals surface area contributed by atoms with Gasteiger partial charge in [0.25, 0.3) is 0 Å². The number of rotatable bonds is 6. The second-order valence-electron chi connectivity index (χ2n) is 9.91. The van der Waals surface area contributed by atoms with E-state index in [0.29, 0.717) is 60.6 Å². The number of urea groups is 1. The summed E-state index contributed by atoms with van der Waals surface area (Å²) in [6, 6.07) is 17.1. The molecule has 37 heavy (non-hydrogen) atoms. The fourth-order valence-corrected chi connectivity index (χ4v) is 5.37. The lowest BCUT2D eigenvalue weighted by Crippen LogP contribution is -2.43. The summed E-state index contributed by atoms with van der Waals surface area (Å²) in [5, 5.41) is 0.565. The number of ketones is 1. The van der Waals surface area contributed by atoms with Crippen LogP contribution in [0, 0.1) is 5.92 Å². The van der Waals surface area contributed by atoms with Gasteiger partial charge in [-0.25, -0.2) is 4.79 Å². The molecule has 6 nitrogen and oxygen atoms in total. The van der Waals surface area contributed by atoms with Crippen LogP contribution >= 0.6 is 11.6 Å². The van der Waals surface area contributed by atoms with Crippen LogP contribution < -0.4 is 9.64 Å². The summed E-state index contributed by atoms with van der Waals surface area (Å²) < 4.78 is 6.16. The zero-order valence-corrected chi connectivity index (χ0v) is 21.7. The first-order valence-electron chi connectivity index (χ1n) is 13.1. The van der Waals surface area contributed by atoms with Gasteiger partial charge in [-0.05, 0) is 73.9 Å². The number of Topliss-reactive ketones (excluding diaryl/α,β-unsaturated/α-hetero) is 1. The van der Waals surface area contributed by atoms with Gasteiger partial charge in [0.15, 0.2) is 5.75 Å². The van der Waals surface area contributed by atoms with Gasteiger partial charge in [-0.1, -0.05) is 35.9 Å². The molecule has 2 aliphatic rings. The molecule has 0 bridgehead atoms. The third-order valence-corrected chi connectivity index (χ3v) is 7.56. The molecular weight excluding hydrogens is 486 g/mol. The number of ether oxygens (including phenoxy) is 1. The number of aromatic nitrogens is 1. The highest BCUT2D eigenvalue weighted by Gasteiger charge is 2.30. The molecule has 7 heteroatoms. The zero-order chi connectivity index (χ0) is 25.6. The van der Waals surface area contributed by atoms with E-state index in [1.165, 1.54) is 0 Å². The van der Waals surface area contributed by atoms with Crippen molar-refractivity contribution >= 4 is 29.1 Å². The first-order valence-corrected chi connectivity index (χ1v) is 13.5. The maximum Gasteiger partial charge on any atom is 0.324 e. The molecule has 3 heterocycles. The number of likely N-dealkylation sites (tertiary alicyclic amines) is 1. The van der Waals surface area contributed by atoms with Crippen LogP contribution in [0.5, 0.6) is 11.5 Å². The molecule has 1 saturated heterocycles. The molecule has 1 unspecified atom stereocenters. The van der Waals surface area contributed by atoms with E-state index in [9.17, 15) is 9.59 Å². The van der Waals surface area contributed by atoms with Crippen LogP contribution in [-0.4, -0.2) is 34.8 Å². The first kappa shape index (κ1) is 25.3. The van der Waals surface area contributed by atoms with Crippen molar-refractivity contribution in [3.05, 3.63) is 83.1 Å². The fourth-order valence-electron chi connectivity index (χ4n) is 5.20. The van der Waals surface area contributed by atoms with E-state index in [4.69, 9.17) is 16.3 Å². The van der Waals surface area contributed by atoms with Crippen LogP contribution in [0.3, 0.4) is 0 Å². The van der Waals surface area contributed by atoms with Gasteiger partial charge in [-0.3, -0.25) is 14.7 Å². The molecule has 0 saturated carbocycles. The van der Waals surface area contributed by atoms with Gasteiger partial charge < -0.3 is 9.64 Å². The summed E-state index contributed by atoms with van der Waals surface area (Å²) in [5.74, 6) is 2.14. The van der Waals surface area contributed by atoms with Crippen molar-refractivity contribution in [3.63, 3.8) is 0 Å². The lowest BCUT2D eigenvalue weighted by molar-refractivity contribution is -0.119. The molecule has 0 aliphatic carbocycles. The first-order chi connectivity index (χ1) is 18.1. The number of hydrogen-bond acceptors (Lipinski definition) is 4. The van der Waals surface area contributed by atoms with Crippen molar-refractivity contribution in [1.82, 2.24) is 9.88 Å². The summed E-state index contributed by atoms with van der Waals surface area (Å²) in [5.41, 5.74) is 2.75. The second-order valence-corrected chi connectivity index (χ2v) is 10.3. The Morgan fingerprint density at radius 3 is 2.76 bits per heavy atom. The summed E-state index contributed by atoms with van der Waals surface area (Å²) in [4.78, 5) is 34.2. The predicted molar refractivity (Wildman–Crippen MR) is 145 cm³/mol. The zero-order valence-electron chi connectivity index (χ0n) is 20.9. The van der Waals surface area contributed by atoms with E-state index in [2.05, 4.69) is 4.98 Å². The number of carbonyl (C=O) groups excluding carboxylic acids is 2. The molecule has 2 amide bonds. The Hall–Kier alpha value is -3.38. The molecule has 3 aromatic rings. The van der Waals surface area contributed by atoms with Gasteiger partial charge in [-0.2, -0.15) is 0 Å². The van der Waals surface area contributed by atoms with Gasteiger partial charge in [0.2, 0.25) is 0 Å². The molecule has 1 aromatic heterocycles. The standard InChI is InChI=1S/C30H32ClN3O3/c31-25-11-14-29-27(19-25)34(21-24-7-1-2-8-28(24)37-29)30(36)33-17-4-6-22(15-18-33)9-12-26(35)13-10-23-5-3-16-32-20-23/h1-3,5,7-8,11,14,16,19-20,22H,4,6,9-10,12-13,15,17-18,21H2. The van der Waals surface area contributed by atoms with E-state index in [1.54, 1.807) is 23.2 Å². The maximum atomic E-state index is 13.8. The monoisotopic (exact) mass is 517 g/mol. The Kier molecular flexibility index (Phi) is 8.05. The number of hydrogen-bond donors (Lipinski definition) is 0. The summed E-state index contributed by atoms with van der Waals surface area (Å²) in [6.07, 6.45) is 9.24. The number of para-hydroxylation sites is 1. The van der Waals surface area contributed by atoms with Crippen molar-refractivity contribution in [3.8, 4) is 11.5 Å². The SMILES string of the molecule is O=C(CCc1cccnc1)CCC1CCCN(C(=O)N2Cc3ccccc3Oc3ccc(Cl)cc32)CC1. The minimum absolute atomic E-state index is 0.0305. The predicted octanol–water partition coefficient (Wildman–Crippen LogP) is 7.05. The molecule has 0 spiro atoms. The average molecular weight is 518 g/mol. The van der Waals surface area contributed by atoms with Crippen LogP contribution in [0.15, 0.2) is 67.0 Å². The Morgan fingerprint density at radius 1 is 1.00 bits per heavy atom. The van der Waals surface area contributed by atoms with E-state index < -0.39 is 0 Å². The van der Waals surface area contributed by atoms with E-state index in [-0.39, 0.29) is 6.03 Å². The van der Waals surface area contributed by atoms with Gasteiger partial charge in [0.1, 0.15) is 11.5 Å². The molecule has 0 N–H and O–H groups in total. The number of carbonyl (C=O) groups is 2. The number of amides is 2. The average Bonchev–Trinajstić information content (AvgIpc) is 3.26. The Labute approximate surface area is 223 Å². The van der Waals surface area contributed by atoms with E-state index >= 15 is 0 Å². The number of pyridine rings is 1. The Morgan fingerprint density at radius 2 is 1.89 bits per heavy atom. The van der Waals surface area contributed by atoms with Crippen LogP contribution in [-0.2, 0) is 17.8 Å².